The first-order valence-electron chi connectivity index (χ1n) is 9.43. The van der Waals surface area contributed by atoms with Gasteiger partial charge < -0.3 is 19.9 Å². The summed E-state index contributed by atoms with van der Waals surface area (Å²) in [5.41, 5.74) is 1.86. The van der Waals surface area contributed by atoms with E-state index < -0.39 is 0 Å². The molecule has 1 aromatic carbocycles. The molecule has 1 aliphatic heterocycles. The van der Waals surface area contributed by atoms with E-state index in [1.807, 2.05) is 38.1 Å². The van der Waals surface area contributed by atoms with Crippen LogP contribution in [0.4, 0.5) is 5.69 Å². The summed E-state index contributed by atoms with van der Waals surface area (Å²) in [4.78, 5) is 33.2. The second kappa shape index (κ2) is 8.73. The van der Waals surface area contributed by atoms with Crippen molar-refractivity contribution in [3.05, 3.63) is 53.9 Å². The number of pyridine rings is 1. The molecular weight excluding hydrogens is 356 g/mol. The van der Waals surface area contributed by atoms with Crippen LogP contribution < -0.4 is 15.0 Å². The van der Waals surface area contributed by atoms with Gasteiger partial charge >= 0.3 is 0 Å². The van der Waals surface area contributed by atoms with E-state index >= 15 is 0 Å². The van der Waals surface area contributed by atoms with Gasteiger partial charge in [0.15, 0.2) is 0 Å². The van der Waals surface area contributed by atoms with Gasteiger partial charge in [0.25, 0.3) is 11.8 Å². The molecule has 0 aliphatic carbocycles. The minimum Gasteiger partial charge on any atom is -0.497 e. The molecule has 7 heteroatoms. The lowest BCUT2D eigenvalue weighted by Gasteiger charge is -2.36. The normalized spacial score (nSPS) is 14.1. The number of ether oxygens (including phenoxy) is 1. The highest BCUT2D eigenvalue weighted by Crippen LogP contribution is 2.21. The minimum absolute atomic E-state index is 0.0332. The van der Waals surface area contributed by atoms with Gasteiger partial charge in [0.2, 0.25) is 0 Å². The first-order valence-corrected chi connectivity index (χ1v) is 9.43. The number of carbonyl (C=O) groups is 2. The van der Waals surface area contributed by atoms with Crippen molar-refractivity contribution in [2.75, 3.05) is 38.2 Å². The van der Waals surface area contributed by atoms with Crippen LogP contribution in [0.15, 0.2) is 42.6 Å². The van der Waals surface area contributed by atoms with E-state index in [0.29, 0.717) is 24.3 Å². The van der Waals surface area contributed by atoms with Crippen LogP contribution in [0, 0.1) is 0 Å². The standard InChI is InChI=1S/C21H26N4O3/c1-15(2)23-20(26)16-8-9-22-19(14-16)21(27)25-12-10-24(11-13-25)17-4-6-18(28-3)7-5-17/h4-9,14-15H,10-13H2,1-3H3,(H,23,26). The van der Waals surface area contributed by atoms with Crippen molar-refractivity contribution >= 4 is 17.5 Å². The zero-order chi connectivity index (χ0) is 20.1. The molecule has 2 amide bonds. The number of rotatable bonds is 5. The molecule has 2 aromatic rings. The number of hydrogen-bond acceptors (Lipinski definition) is 5. The molecule has 1 fully saturated rings. The molecule has 28 heavy (non-hydrogen) atoms. The number of carbonyl (C=O) groups excluding carboxylic acids is 2. The first-order chi connectivity index (χ1) is 13.5. The molecule has 0 radical (unpaired) electrons. The van der Waals surface area contributed by atoms with Gasteiger partial charge in [-0.1, -0.05) is 0 Å². The van der Waals surface area contributed by atoms with Crippen molar-refractivity contribution in [3.8, 4) is 5.75 Å². The molecule has 0 saturated carbocycles. The van der Waals surface area contributed by atoms with Gasteiger partial charge in [0.1, 0.15) is 11.4 Å². The Morgan fingerprint density at radius 2 is 1.75 bits per heavy atom. The van der Waals surface area contributed by atoms with E-state index in [9.17, 15) is 9.59 Å². The van der Waals surface area contributed by atoms with Crippen LogP contribution in [0.1, 0.15) is 34.7 Å². The molecule has 148 valence electrons. The largest absolute Gasteiger partial charge is 0.497 e. The van der Waals surface area contributed by atoms with Crippen molar-refractivity contribution in [1.29, 1.82) is 0 Å². The number of hydrogen-bond donors (Lipinski definition) is 1. The number of nitrogens with one attached hydrogen (secondary N) is 1. The Hall–Kier alpha value is -3.09. The molecule has 1 saturated heterocycles. The molecular formula is C21H26N4O3. The monoisotopic (exact) mass is 382 g/mol. The number of benzene rings is 1. The quantitative estimate of drug-likeness (QED) is 0.858. The summed E-state index contributed by atoms with van der Waals surface area (Å²) >= 11 is 0. The van der Waals surface area contributed by atoms with Gasteiger partial charge in [0, 0.05) is 49.7 Å². The predicted molar refractivity (Wildman–Crippen MR) is 108 cm³/mol. The molecule has 0 atom stereocenters. The number of amides is 2. The third kappa shape index (κ3) is 4.60. The predicted octanol–water partition coefficient (Wildman–Crippen LogP) is 2.19. The van der Waals surface area contributed by atoms with Crippen LogP contribution in [-0.2, 0) is 0 Å². The lowest BCUT2D eigenvalue weighted by molar-refractivity contribution is 0.0741. The van der Waals surface area contributed by atoms with Crippen molar-refractivity contribution < 1.29 is 14.3 Å². The van der Waals surface area contributed by atoms with E-state index in [1.165, 1.54) is 6.20 Å². The molecule has 3 rings (SSSR count). The van der Waals surface area contributed by atoms with Gasteiger partial charge in [-0.3, -0.25) is 14.6 Å². The van der Waals surface area contributed by atoms with Crippen molar-refractivity contribution in [2.45, 2.75) is 19.9 Å². The van der Waals surface area contributed by atoms with E-state index in [4.69, 9.17) is 4.74 Å². The zero-order valence-electron chi connectivity index (χ0n) is 16.5. The van der Waals surface area contributed by atoms with Gasteiger partial charge in [-0.05, 0) is 50.2 Å². The minimum atomic E-state index is -0.198. The average molecular weight is 382 g/mol. The fourth-order valence-corrected chi connectivity index (χ4v) is 3.16. The van der Waals surface area contributed by atoms with E-state index in [-0.39, 0.29) is 17.9 Å². The third-order valence-corrected chi connectivity index (χ3v) is 4.67. The van der Waals surface area contributed by atoms with Crippen molar-refractivity contribution in [1.82, 2.24) is 15.2 Å². The Balaban J connectivity index is 1.62. The lowest BCUT2D eigenvalue weighted by Crippen LogP contribution is -2.49. The average Bonchev–Trinajstić information content (AvgIpc) is 2.73. The fraction of sp³-hybridized carbons (Fsp3) is 0.381. The second-order valence-corrected chi connectivity index (χ2v) is 7.04. The highest BCUT2D eigenvalue weighted by Gasteiger charge is 2.24. The number of piperazine rings is 1. The molecule has 0 bridgehead atoms. The Kier molecular flexibility index (Phi) is 6.13. The Labute approximate surface area is 165 Å². The van der Waals surface area contributed by atoms with Crippen molar-refractivity contribution in [3.63, 3.8) is 0 Å². The molecule has 2 heterocycles. The molecule has 7 nitrogen and oxygen atoms in total. The maximum Gasteiger partial charge on any atom is 0.272 e. The smallest absolute Gasteiger partial charge is 0.272 e. The molecule has 1 aromatic heterocycles. The van der Waals surface area contributed by atoms with Crippen LogP contribution in [-0.4, -0.2) is 61.0 Å². The summed E-state index contributed by atoms with van der Waals surface area (Å²) < 4.78 is 5.19. The third-order valence-electron chi connectivity index (χ3n) is 4.67. The number of anilines is 1. The number of aromatic nitrogens is 1. The summed E-state index contributed by atoms with van der Waals surface area (Å²) in [6.07, 6.45) is 1.51. The van der Waals surface area contributed by atoms with Gasteiger partial charge in [-0.2, -0.15) is 0 Å². The van der Waals surface area contributed by atoms with Gasteiger partial charge in [-0.25, -0.2) is 0 Å². The molecule has 1 aliphatic rings. The highest BCUT2D eigenvalue weighted by molar-refractivity contribution is 5.98. The summed E-state index contributed by atoms with van der Waals surface area (Å²) in [6, 6.07) is 11.1. The summed E-state index contributed by atoms with van der Waals surface area (Å²) in [5.74, 6) is 0.481. The molecule has 1 N–H and O–H groups in total. The van der Waals surface area contributed by atoms with Crippen molar-refractivity contribution in [2.24, 2.45) is 0 Å². The van der Waals surface area contributed by atoms with E-state index in [2.05, 4.69) is 15.2 Å². The number of methoxy groups -OCH3 is 1. The van der Waals surface area contributed by atoms with Crippen LogP contribution in [0.25, 0.3) is 0 Å². The maximum atomic E-state index is 12.8. The Morgan fingerprint density at radius 1 is 1.07 bits per heavy atom. The molecule has 0 unspecified atom stereocenters. The van der Waals surface area contributed by atoms with Crippen LogP contribution in [0.5, 0.6) is 5.75 Å². The van der Waals surface area contributed by atoms with E-state index in [0.717, 1.165) is 24.5 Å². The Bertz CT molecular complexity index is 828. The van der Waals surface area contributed by atoms with Gasteiger partial charge in [-0.15, -0.1) is 0 Å². The topological polar surface area (TPSA) is 74.8 Å². The van der Waals surface area contributed by atoms with Crippen LogP contribution >= 0.6 is 0 Å². The Morgan fingerprint density at radius 3 is 2.36 bits per heavy atom. The fourth-order valence-electron chi connectivity index (χ4n) is 3.16. The zero-order valence-corrected chi connectivity index (χ0v) is 16.5. The summed E-state index contributed by atoms with van der Waals surface area (Å²) in [6.45, 7) is 6.49. The SMILES string of the molecule is COc1ccc(N2CCN(C(=O)c3cc(C(=O)NC(C)C)ccn3)CC2)cc1. The second-order valence-electron chi connectivity index (χ2n) is 7.04. The first kappa shape index (κ1) is 19.7. The maximum absolute atomic E-state index is 12.8. The number of nitrogens with zero attached hydrogens (tertiary/aromatic N) is 3. The summed E-state index contributed by atoms with van der Waals surface area (Å²) in [5, 5.41) is 2.83. The highest BCUT2D eigenvalue weighted by atomic mass is 16.5. The molecule has 0 spiro atoms. The van der Waals surface area contributed by atoms with E-state index in [1.54, 1.807) is 24.1 Å². The summed E-state index contributed by atoms with van der Waals surface area (Å²) in [7, 11) is 1.65. The van der Waals surface area contributed by atoms with Gasteiger partial charge in [0.05, 0.1) is 7.11 Å². The van der Waals surface area contributed by atoms with Crippen LogP contribution in [0.2, 0.25) is 0 Å². The van der Waals surface area contributed by atoms with Crippen LogP contribution in [0.3, 0.4) is 0 Å². The lowest BCUT2D eigenvalue weighted by atomic mass is 10.1.